The molecule has 5 nitrogen and oxygen atoms in total. The van der Waals surface area contributed by atoms with Gasteiger partial charge in [-0.1, -0.05) is 0 Å². The Bertz CT molecular complexity index is 423. The Morgan fingerprint density at radius 3 is 2.56 bits per heavy atom. The first-order valence-electron chi connectivity index (χ1n) is 4.16. The van der Waals surface area contributed by atoms with Crippen molar-refractivity contribution in [1.29, 1.82) is 0 Å². The molecule has 0 heterocycles. The minimum atomic E-state index is -1.09. The van der Waals surface area contributed by atoms with Crippen molar-refractivity contribution in [2.45, 2.75) is 0 Å². The summed E-state index contributed by atoms with van der Waals surface area (Å²) in [5, 5.41) is 1.75. The zero-order valence-electron chi connectivity index (χ0n) is 8.00. The van der Waals surface area contributed by atoms with Gasteiger partial charge in [0.1, 0.15) is 5.75 Å². The third-order valence-corrected chi connectivity index (χ3v) is 1.52. The SMILES string of the molecule is NC(=O)NC(=O)COc1ccc(F)c(F)c1. The number of carbonyl (C=O) groups is 2. The number of rotatable bonds is 3. The summed E-state index contributed by atoms with van der Waals surface area (Å²) < 4.78 is 30.0. The number of imide groups is 1. The first kappa shape index (κ1) is 11.9. The molecule has 0 aliphatic heterocycles. The summed E-state index contributed by atoms with van der Waals surface area (Å²) in [5.74, 6) is -2.92. The topological polar surface area (TPSA) is 81.4 Å². The van der Waals surface area contributed by atoms with Gasteiger partial charge in [0.05, 0.1) is 0 Å². The summed E-state index contributed by atoms with van der Waals surface area (Å²) in [4.78, 5) is 21.1. The largest absolute Gasteiger partial charge is 0.484 e. The lowest BCUT2D eigenvalue weighted by atomic mass is 10.3. The van der Waals surface area contributed by atoms with Gasteiger partial charge in [-0.05, 0) is 12.1 Å². The molecule has 3 amide bonds. The van der Waals surface area contributed by atoms with Crippen molar-refractivity contribution in [3.63, 3.8) is 0 Å². The van der Waals surface area contributed by atoms with E-state index in [1.165, 1.54) is 0 Å². The average Bonchev–Trinajstić information content (AvgIpc) is 2.19. The zero-order valence-corrected chi connectivity index (χ0v) is 8.00. The number of nitrogens with one attached hydrogen (secondary N) is 1. The van der Waals surface area contributed by atoms with Gasteiger partial charge in [0, 0.05) is 6.07 Å². The Labute approximate surface area is 89.2 Å². The van der Waals surface area contributed by atoms with E-state index in [4.69, 9.17) is 4.74 Å². The Morgan fingerprint density at radius 2 is 2.00 bits per heavy atom. The van der Waals surface area contributed by atoms with Crippen molar-refractivity contribution in [2.75, 3.05) is 6.61 Å². The number of benzene rings is 1. The summed E-state index contributed by atoms with van der Waals surface area (Å²) in [6, 6.07) is 1.78. The van der Waals surface area contributed by atoms with Crippen molar-refractivity contribution >= 4 is 11.9 Å². The predicted molar refractivity (Wildman–Crippen MR) is 49.6 cm³/mol. The summed E-state index contributed by atoms with van der Waals surface area (Å²) in [5.41, 5.74) is 4.67. The van der Waals surface area contributed by atoms with Crippen LogP contribution in [0.3, 0.4) is 0 Å². The zero-order chi connectivity index (χ0) is 12.1. The molecule has 0 bridgehead atoms. The van der Waals surface area contributed by atoms with E-state index < -0.39 is 30.2 Å². The maximum atomic E-state index is 12.7. The molecule has 0 spiro atoms. The second-order valence-corrected chi connectivity index (χ2v) is 2.78. The molecule has 1 rings (SSSR count). The van der Waals surface area contributed by atoms with E-state index in [9.17, 15) is 18.4 Å². The summed E-state index contributed by atoms with van der Waals surface area (Å²) in [7, 11) is 0. The van der Waals surface area contributed by atoms with E-state index in [0.29, 0.717) is 0 Å². The molecule has 0 atom stereocenters. The Kier molecular flexibility index (Phi) is 3.76. The highest BCUT2D eigenvalue weighted by Gasteiger charge is 2.07. The molecule has 86 valence electrons. The van der Waals surface area contributed by atoms with Crippen molar-refractivity contribution in [1.82, 2.24) is 5.32 Å². The number of urea groups is 1. The van der Waals surface area contributed by atoms with Crippen LogP contribution in [0.15, 0.2) is 18.2 Å². The molecule has 3 N–H and O–H groups in total. The van der Waals surface area contributed by atoms with E-state index in [-0.39, 0.29) is 5.75 Å². The smallest absolute Gasteiger partial charge is 0.318 e. The number of hydrogen-bond acceptors (Lipinski definition) is 3. The Morgan fingerprint density at radius 1 is 1.31 bits per heavy atom. The first-order chi connectivity index (χ1) is 7.49. The number of ether oxygens (including phenoxy) is 1. The van der Waals surface area contributed by atoms with E-state index in [2.05, 4.69) is 5.73 Å². The maximum Gasteiger partial charge on any atom is 0.318 e. The van der Waals surface area contributed by atoms with Crippen molar-refractivity contribution in [3.05, 3.63) is 29.8 Å². The van der Waals surface area contributed by atoms with Gasteiger partial charge in [-0.25, -0.2) is 13.6 Å². The first-order valence-corrected chi connectivity index (χ1v) is 4.16. The lowest BCUT2D eigenvalue weighted by molar-refractivity contribution is -0.121. The second-order valence-electron chi connectivity index (χ2n) is 2.78. The molecular formula is C9H8F2N2O3. The lowest BCUT2D eigenvalue weighted by Gasteiger charge is -2.05. The van der Waals surface area contributed by atoms with E-state index in [1.54, 1.807) is 5.32 Å². The van der Waals surface area contributed by atoms with Gasteiger partial charge in [-0.3, -0.25) is 10.1 Å². The van der Waals surface area contributed by atoms with Crippen molar-refractivity contribution in [3.8, 4) is 5.75 Å². The molecule has 0 radical (unpaired) electrons. The number of hydrogen-bond donors (Lipinski definition) is 2. The van der Waals surface area contributed by atoms with Gasteiger partial charge in [0.2, 0.25) is 0 Å². The van der Waals surface area contributed by atoms with Crippen molar-refractivity contribution in [2.24, 2.45) is 5.73 Å². The molecular weight excluding hydrogens is 222 g/mol. The number of carbonyl (C=O) groups excluding carboxylic acids is 2. The number of nitrogens with two attached hydrogens (primary N) is 1. The Balaban J connectivity index is 2.51. The summed E-state index contributed by atoms with van der Waals surface area (Å²) >= 11 is 0. The molecule has 7 heteroatoms. The fourth-order valence-electron chi connectivity index (χ4n) is 0.889. The molecule has 16 heavy (non-hydrogen) atoms. The third-order valence-electron chi connectivity index (χ3n) is 1.52. The van der Waals surface area contributed by atoms with Crippen LogP contribution in [0.5, 0.6) is 5.75 Å². The number of halogens is 2. The lowest BCUT2D eigenvalue weighted by Crippen LogP contribution is -2.38. The predicted octanol–water partition coefficient (Wildman–Crippen LogP) is 0.538. The number of primary amides is 1. The van der Waals surface area contributed by atoms with E-state index >= 15 is 0 Å². The fraction of sp³-hybridized carbons (Fsp3) is 0.111. The van der Waals surface area contributed by atoms with Crippen LogP contribution >= 0.6 is 0 Å². The minimum Gasteiger partial charge on any atom is -0.484 e. The van der Waals surface area contributed by atoms with Crippen molar-refractivity contribution < 1.29 is 23.1 Å². The number of amides is 3. The van der Waals surface area contributed by atoms with E-state index in [0.717, 1.165) is 18.2 Å². The quantitative estimate of drug-likeness (QED) is 0.795. The van der Waals surface area contributed by atoms with Crippen LogP contribution in [-0.2, 0) is 4.79 Å². The highest BCUT2D eigenvalue weighted by molar-refractivity contribution is 5.94. The monoisotopic (exact) mass is 230 g/mol. The van der Waals surface area contributed by atoms with Crippen LogP contribution in [-0.4, -0.2) is 18.5 Å². The van der Waals surface area contributed by atoms with Crippen LogP contribution in [0.1, 0.15) is 0 Å². The third kappa shape index (κ3) is 3.52. The fourth-order valence-corrected chi connectivity index (χ4v) is 0.889. The summed E-state index contributed by atoms with van der Waals surface area (Å²) in [6.45, 7) is -0.520. The molecule has 0 aliphatic carbocycles. The van der Waals surface area contributed by atoms with Gasteiger partial charge >= 0.3 is 6.03 Å². The average molecular weight is 230 g/mol. The maximum absolute atomic E-state index is 12.7. The second kappa shape index (κ2) is 5.06. The van der Waals surface area contributed by atoms with Crippen LogP contribution in [0.25, 0.3) is 0 Å². The van der Waals surface area contributed by atoms with Gasteiger partial charge in [0.25, 0.3) is 5.91 Å². The molecule has 0 aliphatic rings. The van der Waals surface area contributed by atoms with Crippen LogP contribution in [0.2, 0.25) is 0 Å². The Hall–Kier alpha value is -2.18. The van der Waals surface area contributed by atoms with Gasteiger partial charge in [0.15, 0.2) is 18.2 Å². The summed E-state index contributed by atoms with van der Waals surface area (Å²) in [6.07, 6.45) is 0. The molecule has 1 aromatic carbocycles. The molecule has 0 saturated heterocycles. The molecule has 0 saturated carbocycles. The molecule has 0 fully saturated rings. The molecule has 1 aromatic rings. The van der Waals surface area contributed by atoms with Crippen LogP contribution in [0.4, 0.5) is 13.6 Å². The van der Waals surface area contributed by atoms with Crippen LogP contribution in [0, 0.1) is 11.6 Å². The minimum absolute atomic E-state index is 0.0291. The van der Waals surface area contributed by atoms with Gasteiger partial charge in [-0.2, -0.15) is 0 Å². The molecule has 0 aromatic heterocycles. The normalized spacial score (nSPS) is 9.62. The standard InChI is InChI=1S/C9H8F2N2O3/c10-6-2-1-5(3-7(6)11)16-4-8(14)13-9(12)15/h1-3H,4H2,(H3,12,13,14,15). The highest BCUT2D eigenvalue weighted by Crippen LogP contribution is 2.14. The highest BCUT2D eigenvalue weighted by atomic mass is 19.2. The van der Waals surface area contributed by atoms with Gasteiger partial charge in [-0.15, -0.1) is 0 Å². The van der Waals surface area contributed by atoms with Crippen LogP contribution < -0.4 is 15.8 Å². The van der Waals surface area contributed by atoms with Gasteiger partial charge < -0.3 is 10.5 Å². The van der Waals surface area contributed by atoms with E-state index in [1.807, 2.05) is 0 Å². The molecule has 0 unspecified atom stereocenters.